The highest BCUT2D eigenvalue weighted by atomic mass is 127. The van der Waals surface area contributed by atoms with Gasteiger partial charge < -0.3 is 15.4 Å². The van der Waals surface area contributed by atoms with Gasteiger partial charge >= 0.3 is 0 Å². The van der Waals surface area contributed by atoms with E-state index in [9.17, 15) is 0 Å². The van der Waals surface area contributed by atoms with Gasteiger partial charge in [0.15, 0.2) is 5.96 Å². The first kappa shape index (κ1) is 22.3. The minimum atomic E-state index is 0. The number of nitrogens with one attached hydrogen (secondary N) is 2. The molecular weight excluding hydrogens is 441 g/mol. The van der Waals surface area contributed by atoms with Gasteiger partial charge in [-0.05, 0) is 44.4 Å². The molecule has 0 fully saturated rings. The Morgan fingerprint density at radius 3 is 2.54 bits per heavy atom. The van der Waals surface area contributed by atoms with Crippen molar-refractivity contribution in [2.45, 2.75) is 33.7 Å². The van der Waals surface area contributed by atoms with Crippen LogP contribution in [0.2, 0.25) is 0 Å². The normalized spacial score (nSPS) is 11.1. The van der Waals surface area contributed by atoms with E-state index in [1.165, 1.54) is 16.8 Å². The molecule has 0 aliphatic carbocycles. The fourth-order valence-electron chi connectivity index (χ4n) is 2.88. The van der Waals surface area contributed by atoms with Crippen LogP contribution in [0.1, 0.15) is 28.1 Å². The number of nitrogens with zero attached hydrogens (tertiary/aromatic N) is 3. The van der Waals surface area contributed by atoms with Crippen molar-refractivity contribution in [1.29, 1.82) is 0 Å². The number of methoxy groups -OCH3 is 1. The van der Waals surface area contributed by atoms with Gasteiger partial charge in [0.2, 0.25) is 0 Å². The highest BCUT2D eigenvalue weighted by Gasteiger charge is 2.09. The molecular formula is C19H30IN5O. The summed E-state index contributed by atoms with van der Waals surface area (Å²) in [5.74, 6) is 1.67. The maximum Gasteiger partial charge on any atom is 0.191 e. The summed E-state index contributed by atoms with van der Waals surface area (Å²) in [5, 5.41) is 11.2. The number of hydrogen-bond acceptors (Lipinski definition) is 3. The van der Waals surface area contributed by atoms with Crippen LogP contribution in [-0.4, -0.2) is 36.4 Å². The van der Waals surface area contributed by atoms with Crippen molar-refractivity contribution in [3.8, 4) is 5.75 Å². The summed E-state index contributed by atoms with van der Waals surface area (Å²) >= 11 is 0. The summed E-state index contributed by atoms with van der Waals surface area (Å²) in [5.41, 5.74) is 5.90. The number of aryl methyl sites for hydroxylation is 3. The van der Waals surface area contributed by atoms with Crippen LogP contribution in [0.15, 0.2) is 23.2 Å². The van der Waals surface area contributed by atoms with Crippen LogP contribution in [0, 0.1) is 20.8 Å². The van der Waals surface area contributed by atoms with Gasteiger partial charge in [-0.15, -0.1) is 24.0 Å². The number of ether oxygens (including phenoxy) is 1. The number of aromatic nitrogens is 2. The zero-order valence-electron chi connectivity index (χ0n) is 16.5. The Morgan fingerprint density at radius 2 is 1.96 bits per heavy atom. The fraction of sp³-hybridized carbons (Fsp3) is 0.474. The second kappa shape index (κ2) is 10.4. The third kappa shape index (κ3) is 5.62. The lowest BCUT2D eigenvalue weighted by Crippen LogP contribution is -2.38. The van der Waals surface area contributed by atoms with Crippen LogP contribution in [0.5, 0.6) is 5.75 Å². The standard InChI is InChI=1S/C19H29N5O.HI/c1-13-7-8-16(18(11-13)25-6)12-22-19(20-4)21-10-9-17-14(2)23-24(5)15(17)3;/h7-8,11H,9-10,12H2,1-6H3,(H2,20,21,22);1H. The molecule has 0 radical (unpaired) electrons. The predicted octanol–water partition coefficient (Wildman–Crippen LogP) is 2.88. The molecule has 2 aromatic rings. The summed E-state index contributed by atoms with van der Waals surface area (Å²) in [6.07, 6.45) is 0.917. The molecule has 6 nitrogen and oxygen atoms in total. The van der Waals surface area contributed by atoms with Gasteiger partial charge in [0.25, 0.3) is 0 Å². The Balaban J connectivity index is 0.00000338. The lowest BCUT2D eigenvalue weighted by molar-refractivity contribution is 0.408. The van der Waals surface area contributed by atoms with E-state index in [4.69, 9.17) is 4.74 Å². The van der Waals surface area contributed by atoms with Crippen molar-refractivity contribution in [2.75, 3.05) is 20.7 Å². The van der Waals surface area contributed by atoms with Crippen LogP contribution in [0.4, 0.5) is 0 Å². The van der Waals surface area contributed by atoms with Crippen molar-refractivity contribution in [3.63, 3.8) is 0 Å². The lowest BCUT2D eigenvalue weighted by atomic mass is 10.1. The molecule has 0 aliphatic heterocycles. The molecule has 2 N–H and O–H groups in total. The molecule has 0 unspecified atom stereocenters. The third-order valence-corrected chi connectivity index (χ3v) is 4.44. The average molecular weight is 471 g/mol. The quantitative estimate of drug-likeness (QED) is 0.387. The first-order valence-electron chi connectivity index (χ1n) is 8.53. The van der Waals surface area contributed by atoms with Crippen LogP contribution in [0.3, 0.4) is 0 Å². The van der Waals surface area contributed by atoms with E-state index in [1.54, 1.807) is 14.2 Å². The number of guanidine groups is 1. The minimum Gasteiger partial charge on any atom is -0.496 e. The smallest absolute Gasteiger partial charge is 0.191 e. The van der Waals surface area contributed by atoms with Crippen molar-refractivity contribution in [1.82, 2.24) is 20.4 Å². The number of halogens is 1. The van der Waals surface area contributed by atoms with Crippen LogP contribution in [-0.2, 0) is 20.0 Å². The van der Waals surface area contributed by atoms with E-state index in [1.807, 2.05) is 17.8 Å². The number of rotatable bonds is 6. The molecule has 0 saturated heterocycles. The van der Waals surface area contributed by atoms with Crippen LogP contribution < -0.4 is 15.4 Å². The van der Waals surface area contributed by atoms with E-state index in [0.717, 1.165) is 35.9 Å². The van der Waals surface area contributed by atoms with Gasteiger partial charge in [-0.1, -0.05) is 12.1 Å². The molecule has 1 aromatic heterocycles. The van der Waals surface area contributed by atoms with Gasteiger partial charge in [-0.2, -0.15) is 5.10 Å². The number of benzene rings is 1. The number of aliphatic imine (C=N–C) groups is 1. The maximum absolute atomic E-state index is 5.45. The Kier molecular flexibility index (Phi) is 8.91. The van der Waals surface area contributed by atoms with Crippen molar-refractivity contribution < 1.29 is 4.74 Å². The average Bonchev–Trinajstić information content (AvgIpc) is 2.84. The fourth-order valence-corrected chi connectivity index (χ4v) is 2.88. The molecule has 0 amide bonds. The van der Waals surface area contributed by atoms with Gasteiger partial charge in [0.1, 0.15) is 5.75 Å². The van der Waals surface area contributed by atoms with E-state index < -0.39 is 0 Å². The lowest BCUT2D eigenvalue weighted by Gasteiger charge is -2.14. The molecule has 0 spiro atoms. The molecule has 0 atom stereocenters. The van der Waals surface area contributed by atoms with Crippen molar-refractivity contribution >= 4 is 29.9 Å². The van der Waals surface area contributed by atoms with Gasteiger partial charge in [-0.3, -0.25) is 9.67 Å². The zero-order valence-corrected chi connectivity index (χ0v) is 18.8. The van der Waals surface area contributed by atoms with Crippen molar-refractivity contribution in [2.24, 2.45) is 12.0 Å². The van der Waals surface area contributed by atoms with E-state index >= 15 is 0 Å². The Hall–Kier alpha value is -1.77. The molecule has 2 rings (SSSR count). The summed E-state index contributed by atoms with van der Waals surface area (Å²) in [6, 6.07) is 6.21. The minimum absolute atomic E-state index is 0. The number of hydrogen-bond donors (Lipinski definition) is 2. The van der Waals surface area contributed by atoms with Gasteiger partial charge in [0, 0.05) is 38.4 Å². The van der Waals surface area contributed by atoms with Gasteiger partial charge in [-0.25, -0.2) is 0 Å². The summed E-state index contributed by atoms with van der Waals surface area (Å²) < 4.78 is 7.38. The summed E-state index contributed by atoms with van der Waals surface area (Å²) in [7, 11) is 5.46. The second-order valence-corrected chi connectivity index (χ2v) is 6.19. The molecule has 0 aliphatic rings. The van der Waals surface area contributed by atoms with E-state index in [0.29, 0.717) is 6.54 Å². The highest BCUT2D eigenvalue weighted by molar-refractivity contribution is 14.0. The zero-order chi connectivity index (χ0) is 18.4. The molecule has 7 heteroatoms. The highest BCUT2D eigenvalue weighted by Crippen LogP contribution is 2.19. The molecule has 1 heterocycles. The maximum atomic E-state index is 5.45. The molecule has 144 valence electrons. The molecule has 0 bridgehead atoms. The van der Waals surface area contributed by atoms with E-state index in [2.05, 4.69) is 53.6 Å². The monoisotopic (exact) mass is 471 g/mol. The third-order valence-electron chi connectivity index (χ3n) is 4.44. The summed E-state index contributed by atoms with van der Waals surface area (Å²) in [6.45, 7) is 7.68. The second-order valence-electron chi connectivity index (χ2n) is 6.19. The predicted molar refractivity (Wildman–Crippen MR) is 118 cm³/mol. The first-order chi connectivity index (χ1) is 12.0. The van der Waals surface area contributed by atoms with Gasteiger partial charge in [0.05, 0.1) is 12.8 Å². The Labute approximate surface area is 173 Å². The topological polar surface area (TPSA) is 63.5 Å². The summed E-state index contributed by atoms with van der Waals surface area (Å²) in [4.78, 5) is 4.29. The largest absolute Gasteiger partial charge is 0.496 e. The first-order valence-corrected chi connectivity index (χ1v) is 8.53. The Morgan fingerprint density at radius 1 is 1.23 bits per heavy atom. The van der Waals surface area contributed by atoms with E-state index in [-0.39, 0.29) is 24.0 Å². The van der Waals surface area contributed by atoms with Crippen LogP contribution >= 0.6 is 24.0 Å². The molecule has 1 aromatic carbocycles. The SMILES string of the molecule is CN=C(NCCc1c(C)nn(C)c1C)NCc1ccc(C)cc1OC.I. The molecule has 0 saturated carbocycles. The Bertz CT molecular complexity index is 755. The molecule has 26 heavy (non-hydrogen) atoms. The van der Waals surface area contributed by atoms with Crippen molar-refractivity contribution in [3.05, 3.63) is 46.3 Å². The van der Waals surface area contributed by atoms with Crippen LogP contribution in [0.25, 0.3) is 0 Å².